The molecular formula is C10H17NO5. The maximum absolute atomic E-state index is 11.0. The quantitative estimate of drug-likeness (QED) is 0.523. The summed E-state index contributed by atoms with van der Waals surface area (Å²) in [5, 5.41) is 0. The number of methoxy groups -OCH3 is 1. The van der Waals surface area contributed by atoms with Gasteiger partial charge in [-0.15, -0.1) is 0 Å². The highest BCUT2D eigenvalue weighted by Gasteiger charge is 2.42. The smallest absolute Gasteiger partial charge is 0.438 e. The van der Waals surface area contributed by atoms with Crippen LogP contribution < -0.4 is 0 Å². The Balaban J connectivity index is 2.70. The molecule has 1 heterocycles. The van der Waals surface area contributed by atoms with Gasteiger partial charge in [-0.25, -0.2) is 4.79 Å². The fraction of sp³-hybridized carbons (Fsp3) is 0.800. The molecule has 1 fully saturated rings. The van der Waals surface area contributed by atoms with Crippen LogP contribution in [0.5, 0.6) is 0 Å². The van der Waals surface area contributed by atoms with E-state index in [-0.39, 0.29) is 12.0 Å². The summed E-state index contributed by atoms with van der Waals surface area (Å²) in [6, 6.07) is 0. The molecule has 0 radical (unpaired) electrons. The lowest BCUT2D eigenvalue weighted by Gasteiger charge is -2.32. The number of rotatable bonds is 2. The summed E-state index contributed by atoms with van der Waals surface area (Å²) >= 11 is 0. The number of carbonyl (C=O) groups excluding carboxylic acids is 2. The topological polar surface area (TPSA) is 65.1 Å². The van der Waals surface area contributed by atoms with Crippen LogP contribution >= 0.6 is 0 Å². The minimum Gasteiger partial charge on any atom is -0.438 e. The Hall–Kier alpha value is -1.30. The standard InChI is InChI=1S/C10H17NO5/c1-10(2,3)8-11(6-12)7(5-15-8)16-9(13)14-4/h6-8H,5H2,1-4H3/t7-,8+/m0/s1. The summed E-state index contributed by atoms with van der Waals surface area (Å²) in [5.41, 5.74) is -0.241. The summed E-state index contributed by atoms with van der Waals surface area (Å²) in [6.07, 6.45) is -1.32. The van der Waals surface area contributed by atoms with Gasteiger partial charge < -0.3 is 14.2 Å². The molecule has 6 nitrogen and oxygen atoms in total. The Morgan fingerprint density at radius 1 is 1.50 bits per heavy atom. The average Bonchev–Trinajstić information content (AvgIpc) is 2.60. The average molecular weight is 231 g/mol. The minimum absolute atomic E-state index is 0.162. The van der Waals surface area contributed by atoms with Crippen molar-refractivity contribution in [1.29, 1.82) is 0 Å². The summed E-state index contributed by atoms with van der Waals surface area (Å²) in [4.78, 5) is 23.2. The molecule has 0 aromatic rings. The molecule has 1 aliphatic rings. The first kappa shape index (κ1) is 12.8. The molecule has 1 aliphatic heterocycles. The highest BCUT2D eigenvalue weighted by Crippen LogP contribution is 2.30. The van der Waals surface area contributed by atoms with Crippen molar-refractivity contribution in [3.8, 4) is 0 Å². The van der Waals surface area contributed by atoms with Gasteiger partial charge >= 0.3 is 6.16 Å². The van der Waals surface area contributed by atoms with Gasteiger partial charge in [-0.05, 0) is 0 Å². The molecule has 92 valence electrons. The van der Waals surface area contributed by atoms with E-state index in [1.165, 1.54) is 12.0 Å². The van der Waals surface area contributed by atoms with Gasteiger partial charge in [-0.2, -0.15) is 0 Å². The van der Waals surface area contributed by atoms with Gasteiger partial charge in [0, 0.05) is 5.41 Å². The molecule has 0 aromatic carbocycles. The fourth-order valence-corrected chi connectivity index (χ4v) is 1.57. The molecule has 6 heteroatoms. The van der Waals surface area contributed by atoms with Gasteiger partial charge in [0.1, 0.15) is 12.8 Å². The third-order valence-corrected chi connectivity index (χ3v) is 2.26. The third-order valence-electron chi connectivity index (χ3n) is 2.26. The molecule has 0 saturated carbocycles. The van der Waals surface area contributed by atoms with E-state index in [2.05, 4.69) is 4.74 Å². The van der Waals surface area contributed by atoms with Crippen molar-refractivity contribution in [2.45, 2.75) is 33.2 Å². The van der Waals surface area contributed by atoms with E-state index < -0.39 is 18.6 Å². The first-order valence-electron chi connectivity index (χ1n) is 4.99. The molecule has 0 N–H and O–H groups in total. The lowest BCUT2D eigenvalue weighted by atomic mass is 9.94. The summed E-state index contributed by atoms with van der Waals surface area (Å²) < 4.78 is 14.7. The Morgan fingerprint density at radius 3 is 2.56 bits per heavy atom. The van der Waals surface area contributed by atoms with E-state index in [1.807, 2.05) is 20.8 Å². The molecule has 0 bridgehead atoms. The maximum atomic E-state index is 11.0. The number of amides is 1. The van der Waals surface area contributed by atoms with Crippen LogP contribution in [0.25, 0.3) is 0 Å². The zero-order valence-electron chi connectivity index (χ0n) is 9.93. The van der Waals surface area contributed by atoms with E-state index >= 15 is 0 Å². The zero-order valence-corrected chi connectivity index (χ0v) is 9.93. The van der Waals surface area contributed by atoms with Crippen LogP contribution in [0, 0.1) is 5.41 Å². The Labute approximate surface area is 94.4 Å². The Kier molecular flexibility index (Phi) is 3.74. The molecule has 0 spiro atoms. The minimum atomic E-state index is -0.824. The van der Waals surface area contributed by atoms with Crippen molar-refractivity contribution >= 4 is 12.6 Å². The van der Waals surface area contributed by atoms with E-state index in [4.69, 9.17) is 9.47 Å². The van der Waals surface area contributed by atoms with Gasteiger partial charge in [-0.3, -0.25) is 9.69 Å². The number of carbonyl (C=O) groups is 2. The molecular weight excluding hydrogens is 214 g/mol. The number of ether oxygens (including phenoxy) is 3. The van der Waals surface area contributed by atoms with Crippen LogP contribution in [0.4, 0.5) is 4.79 Å². The summed E-state index contributed by atoms with van der Waals surface area (Å²) in [5.74, 6) is 0. The SMILES string of the molecule is COC(=O)O[C@H]1CO[C@H](C(C)(C)C)N1C=O. The second-order valence-corrected chi connectivity index (χ2v) is 4.63. The van der Waals surface area contributed by atoms with Crippen LogP contribution in [0.2, 0.25) is 0 Å². The third kappa shape index (κ3) is 2.63. The van der Waals surface area contributed by atoms with Gasteiger partial charge in [0.25, 0.3) is 0 Å². The van der Waals surface area contributed by atoms with Crippen molar-refractivity contribution in [2.75, 3.05) is 13.7 Å². The molecule has 16 heavy (non-hydrogen) atoms. The molecule has 1 saturated heterocycles. The fourth-order valence-electron chi connectivity index (χ4n) is 1.57. The van der Waals surface area contributed by atoms with Crippen molar-refractivity contribution in [3.05, 3.63) is 0 Å². The van der Waals surface area contributed by atoms with Gasteiger partial charge in [0.2, 0.25) is 12.6 Å². The molecule has 0 aliphatic carbocycles. The Morgan fingerprint density at radius 2 is 2.12 bits per heavy atom. The van der Waals surface area contributed by atoms with E-state index in [0.29, 0.717) is 6.41 Å². The first-order chi connectivity index (χ1) is 7.40. The monoisotopic (exact) mass is 231 g/mol. The van der Waals surface area contributed by atoms with Crippen LogP contribution in [-0.4, -0.2) is 43.6 Å². The number of nitrogens with zero attached hydrogens (tertiary/aromatic N) is 1. The predicted molar refractivity (Wildman–Crippen MR) is 54.4 cm³/mol. The Bertz CT molecular complexity index is 273. The van der Waals surface area contributed by atoms with Crippen LogP contribution in [-0.2, 0) is 19.0 Å². The predicted octanol–water partition coefficient (Wildman–Crippen LogP) is 0.956. The van der Waals surface area contributed by atoms with Gasteiger partial charge in [-0.1, -0.05) is 20.8 Å². The lowest BCUT2D eigenvalue weighted by Crippen LogP contribution is -2.44. The van der Waals surface area contributed by atoms with Crippen molar-refractivity contribution in [3.63, 3.8) is 0 Å². The van der Waals surface area contributed by atoms with Crippen molar-refractivity contribution in [2.24, 2.45) is 5.41 Å². The second-order valence-electron chi connectivity index (χ2n) is 4.63. The first-order valence-corrected chi connectivity index (χ1v) is 4.99. The van der Waals surface area contributed by atoms with Gasteiger partial charge in [0.15, 0.2) is 0 Å². The van der Waals surface area contributed by atoms with Crippen molar-refractivity contribution < 1.29 is 23.8 Å². The highest BCUT2D eigenvalue weighted by atomic mass is 16.7. The molecule has 0 aromatic heterocycles. The van der Waals surface area contributed by atoms with E-state index in [9.17, 15) is 9.59 Å². The highest BCUT2D eigenvalue weighted by molar-refractivity contribution is 5.60. The molecule has 1 rings (SSSR count). The zero-order chi connectivity index (χ0) is 12.3. The molecule has 2 atom stereocenters. The normalized spacial score (nSPS) is 25.4. The van der Waals surface area contributed by atoms with Crippen LogP contribution in [0.15, 0.2) is 0 Å². The molecule has 0 unspecified atom stereocenters. The largest absolute Gasteiger partial charge is 0.510 e. The van der Waals surface area contributed by atoms with E-state index in [1.54, 1.807) is 0 Å². The maximum Gasteiger partial charge on any atom is 0.510 e. The second kappa shape index (κ2) is 4.69. The van der Waals surface area contributed by atoms with Gasteiger partial charge in [0.05, 0.1) is 7.11 Å². The van der Waals surface area contributed by atoms with Crippen LogP contribution in [0.1, 0.15) is 20.8 Å². The summed E-state index contributed by atoms with van der Waals surface area (Å²) in [7, 11) is 1.21. The van der Waals surface area contributed by atoms with Crippen LogP contribution in [0.3, 0.4) is 0 Å². The van der Waals surface area contributed by atoms with E-state index in [0.717, 1.165) is 0 Å². The lowest BCUT2D eigenvalue weighted by molar-refractivity contribution is -0.137. The summed E-state index contributed by atoms with van der Waals surface area (Å²) in [6.45, 7) is 5.98. The number of hydrogen-bond acceptors (Lipinski definition) is 5. The molecule has 1 amide bonds. The van der Waals surface area contributed by atoms with Crippen molar-refractivity contribution in [1.82, 2.24) is 4.90 Å². The number of hydrogen-bond donors (Lipinski definition) is 0.